The standard InChI is InChI=1S/C21H19Cl2F3N2O2/c22-16-10-14(11-17(23)19(16)29-21(24,25)26)13-28-8-6-20(7-9-28)12-18(27-30-20)15-4-2-1-3-5-15/h1-5,10-11H,6-9,12-13H2. The minimum atomic E-state index is -4.85. The minimum absolute atomic E-state index is 0.164. The van der Waals surface area contributed by atoms with Gasteiger partial charge in [-0.2, -0.15) is 0 Å². The smallest absolute Gasteiger partial charge is 0.403 e. The van der Waals surface area contributed by atoms with Crippen molar-refractivity contribution >= 4 is 28.9 Å². The lowest BCUT2D eigenvalue weighted by atomic mass is 9.85. The van der Waals surface area contributed by atoms with E-state index < -0.39 is 12.1 Å². The highest BCUT2D eigenvalue weighted by Crippen LogP contribution is 2.39. The first kappa shape index (κ1) is 21.3. The molecule has 160 valence electrons. The zero-order valence-corrected chi connectivity index (χ0v) is 17.4. The van der Waals surface area contributed by atoms with E-state index in [1.165, 1.54) is 12.1 Å². The molecule has 1 fully saturated rings. The highest BCUT2D eigenvalue weighted by Gasteiger charge is 2.42. The number of nitrogens with zero attached hydrogens (tertiary/aromatic N) is 2. The van der Waals surface area contributed by atoms with Gasteiger partial charge in [0, 0.05) is 38.9 Å². The molecular formula is C21H19Cl2F3N2O2. The Bertz CT molecular complexity index is 920. The summed E-state index contributed by atoms with van der Waals surface area (Å²) >= 11 is 11.9. The van der Waals surface area contributed by atoms with Crippen molar-refractivity contribution in [1.82, 2.24) is 4.90 Å². The molecule has 1 saturated heterocycles. The van der Waals surface area contributed by atoms with Crippen molar-refractivity contribution in [3.63, 3.8) is 0 Å². The van der Waals surface area contributed by atoms with Crippen molar-refractivity contribution in [3.8, 4) is 5.75 Å². The molecule has 2 heterocycles. The van der Waals surface area contributed by atoms with Crippen LogP contribution in [0.4, 0.5) is 13.2 Å². The molecule has 1 spiro atoms. The summed E-state index contributed by atoms with van der Waals surface area (Å²) in [7, 11) is 0. The van der Waals surface area contributed by atoms with E-state index in [9.17, 15) is 13.2 Å². The SMILES string of the molecule is FC(F)(F)Oc1c(Cl)cc(CN2CCC3(CC2)CC(c2ccccc2)=NO3)cc1Cl. The van der Waals surface area contributed by atoms with Crippen LogP contribution in [0.1, 0.15) is 30.4 Å². The Hall–Kier alpha value is -1.96. The molecule has 2 aromatic rings. The van der Waals surface area contributed by atoms with Crippen molar-refractivity contribution in [3.05, 3.63) is 63.6 Å². The Morgan fingerprint density at radius 1 is 1.07 bits per heavy atom. The van der Waals surface area contributed by atoms with E-state index in [1.807, 2.05) is 30.3 Å². The Balaban J connectivity index is 1.36. The zero-order valence-electron chi connectivity index (χ0n) is 15.9. The van der Waals surface area contributed by atoms with Gasteiger partial charge in [-0.1, -0.05) is 58.7 Å². The lowest BCUT2D eigenvalue weighted by Gasteiger charge is -2.37. The van der Waals surface area contributed by atoms with Crippen LogP contribution in [0.15, 0.2) is 47.6 Å². The van der Waals surface area contributed by atoms with Crippen LogP contribution in [0.2, 0.25) is 10.0 Å². The van der Waals surface area contributed by atoms with E-state index in [1.54, 1.807) is 0 Å². The predicted octanol–water partition coefficient (Wildman–Crippen LogP) is 6.05. The van der Waals surface area contributed by atoms with Gasteiger partial charge in [-0.3, -0.25) is 4.90 Å². The summed E-state index contributed by atoms with van der Waals surface area (Å²) in [6.45, 7) is 2.06. The first-order valence-corrected chi connectivity index (χ1v) is 10.3. The molecule has 0 N–H and O–H groups in total. The van der Waals surface area contributed by atoms with Crippen molar-refractivity contribution in [2.75, 3.05) is 13.1 Å². The maximum Gasteiger partial charge on any atom is 0.573 e. The summed E-state index contributed by atoms with van der Waals surface area (Å²) in [6, 6.07) is 12.9. The molecule has 30 heavy (non-hydrogen) atoms. The van der Waals surface area contributed by atoms with E-state index >= 15 is 0 Å². The largest absolute Gasteiger partial charge is 0.573 e. The van der Waals surface area contributed by atoms with E-state index in [0.29, 0.717) is 6.54 Å². The van der Waals surface area contributed by atoms with Crippen LogP contribution in [-0.4, -0.2) is 35.7 Å². The lowest BCUT2D eigenvalue weighted by molar-refractivity contribution is -0.274. The summed E-state index contributed by atoms with van der Waals surface area (Å²) in [5.41, 5.74) is 2.47. The van der Waals surface area contributed by atoms with Crippen LogP contribution in [0.25, 0.3) is 0 Å². The molecule has 2 aliphatic heterocycles. The molecular weight excluding hydrogens is 440 g/mol. The van der Waals surface area contributed by atoms with Gasteiger partial charge in [0.25, 0.3) is 0 Å². The molecule has 0 saturated carbocycles. The fourth-order valence-corrected chi connectivity index (χ4v) is 4.48. The molecule has 0 aliphatic carbocycles. The van der Waals surface area contributed by atoms with Crippen molar-refractivity contribution in [2.24, 2.45) is 5.16 Å². The predicted molar refractivity (Wildman–Crippen MR) is 109 cm³/mol. The monoisotopic (exact) mass is 458 g/mol. The lowest BCUT2D eigenvalue weighted by Crippen LogP contribution is -2.44. The molecule has 0 amide bonds. The van der Waals surface area contributed by atoms with Crippen LogP contribution >= 0.6 is 23.2 Å². The third-order valence-electron chi connectivity index (χ3n) is 5.40. The maximum absolute atomic E-state index is 12.5. The van der Waals surface area contributed by atoms with Gasteiger partial charge in [0.2, 0.25) is 0 Å². The van der Waals surface area contributed by atoms with Crippen molar-refractivity contribution in [1.29, 1.82) is 0 Å². The van der Waals surface area contributed by atoms with Crippen LogP contribution in [0.3, 0.4) is 0 Å². The number of benzene rings is 2. The Kier molecular flexibility index (Phi) is 5.88. The number of likely N-dealkylation sites (tertiary alicyclic amines) is 1. The molecule has 0 radical (unpaired) electrons. The van der Waals surface area contributed by atoms with E-state index in [0.717, 1.165) is 49.2 Å². The van der Waals surface area contributed by atoms with Crippen molar-refractivity contribution in [2.45, 2.75) is 37.8 Å². The average Bonchev–Trinajstić information content (AvgIpc) is 3.11. The Labute approximate surface area is 182 Å². The van der Waals surface area contributed by atoms with Gasteiger partial charge in [-0.05, 0) is 23.3 Å². The van der Waals surface area contributed by atoms with Crippen LogP contribution < -0.4 is 4.74 Å². The molecule has 9 heteroatoms. The summed E-state index contributed by atoms with van der Waals surface area (Å²) in [5, 5.41) is 3.98. The van der Waals surface area contributed by atoms with Gasteiger partial charge in [0.15, 0.2) is 5.75 Å². The number of ether oxygens (including phenoxy) is 1. The third-order valence-corrected chi connectivity index (χ3v) is 5.96. The van der Waals surface area contributed by atoms with Gasteiger partial charge in [-0.25, -0.2) is 0 Å². The second-order valence-electron chi connectivity index (χ2n) is 7.57. The minimum Gasteiger partial charge on any atom is -0.403 e. The van der Waals surface area contributed by atoms with E-state index in [2.05, 4.69) is 14.8 Å². The van der Waals surface area contributed by atoms with Gasteiger partial charge in [-0.15, -0.1) is 13.2 Å². The van der Waals surface area contributed by atoms with Crippen molar-refractivity contribution < 1.29 is 22.7 Å². The van der Waals surface area contributed by atoms with E-state index in [4.69, 9.17) is 28.0 Å². The second-order valence-corrected chi connectivity index (χ2v) is 8.38. The van der Waals surface area contributed by atoms with Gasteiger partial charge < -0.3 is 9.57 Å². The summed E-state index contributed by atoms with van der Waals surface area (Å²) in [6.07, 6.45) is -2.46. The molecule has 4 nitrogen and oxygen atoms in total. The zero-order chi connectivity index (χ0) is 21.4. The Morgan fingerprint density at radius 2 is 1.70 bits per heavy atom. The van der Waals surface area contributed by atoms with E-state index in [-0.39, 0.29) is 15.6 Å². The van der Waals surface area contributed by atoms with Gasteiger partial charge in [0.05, 0.1) is 15.8 Å². The van der Waals surface area contributed by atoms with Crippen LogP contribution in [0, 0.1) is 0 Å². The topological polar surface area (TPSA) is 34.1 Å². The fraction of sp³-hybridized carbons (Fsp3) is 0.381. The van der Waals surface area contributed by atoms with Gasteiger partial charge in [0.1, 0.15) is 5.60 Å². The molecule has 2 aliphatic rings. The van der Waals surface area contributed by atoms with Crippen LogP contribution in [-0.2, 0) is 11.4 Å². The number of hydrogen-bond acceptors (Lipinski definition) is 4. The summed E-state index contributed by atoms with van der Waals surface area (Å²) < 4.78 is 41.4. The number of rotatable bonds is 4. The number of hydrogen-bond donors (Lipinski definition) is 0. The highest BCUT2D eigenvalue weighted by atomic mass is 35.5. The number of piperidine rings is 1. The molecule has 0 aromatic heterocycles. The highest BCUT2D eigenvalue weighted by molar-refractivity contribution is 6.37. The summed E-state index contributed by atoms with van der Waals surface area (Å²) in [4.78, 5) is 8.04. The average molecular weight is 459 g/mol. The Morgan fingerprint density at radius 3 is 2.30 bits per heavy atom. The summed E-state index contributed by atoms with van der Waals surface area (Å²) in [5.74, 6) is -0.572. The maximum atomic E-state index is 12.5. The molecule has 0 bridgehead atoms. The van der Waals surface area contributed by atoms with Crippen LogP contribution in [0.5, 0.6) is 5.75 Å². The number of oxime groups is 1. The van der Waals surface area contributed by atoms with Gasteiger partial charge >= 0.3 is 6.36 Å². The second kappa shape index (κ2) is 8.29. The molecule has 0 atom stereocenters. The fourth-order valence-electron chi connectivity index (χ4n) is 3.87. The molecule has 2 aromatic carbocycles. The molecule has 0 unspecified atom stereocenters. The first-order valence-electron chi connectivity index (χ1n) is 9.50. The quantitative estimate of drug-likeness (QED) is 0.558. The first-order chi connectivity index (χ1) is 14.2. The number of halogens is 5. The number of alkyl halides is 3. The normalized spacial score (nSPS) is 18.9. The molecule has 4 rings (SSSR count). The third kappa shape index (κ3) is 4.85.